The molecule has 2 aliphatic heterocycles. The molecule has 2 aliphatic rings. The van der Waals surface area contributed by atoms with Crippen LogP contribution in [0.25, 0.3) is 0 Å². The number of carbonyl (C=O) groups is 2. The largest absolute Gasteiger partial charge is 0.469 e. The highest BCUT2D eigenvalue weighted by Gasteiger charge is 2.31. The van der Waals surface area contributed by atoms with Crippen LogP contribution in [-0.2, 0) is 14.3 Å². The highest BCUT2D eigenvalue weighted by Crippen LogP contribution is 2.27. The van der Waals surface area contributed by atoms with Gasteiger partial charge in [0.05, 0.1) is 19.6 Å². The van der Waals surface area contributed by atoms with Crippen LogP contribution in [-0.4, -0.2) is 42.3 Å². The van der Waals surface area contributed by atoms with Crippen LogP contribution in [0.3, 0.4) is 0 Å². The van der Waals surface area contributed by atoms with E-state index in [1.165, 1.54) is 7.11 Å². The van der Waals surface area contributed by atoms with Crippen LogP contribution >= 0.6 is 0 Å². The maximum Gasteiger partial charge on any atom is 0.415 e. The second-order valence-corrected chi connectivity index (χ2v) is 6.50. The van der Waals surface area contributed by atoms with Crippen LogP contribution in [0, 0.1) is 0 Å². The molecule has 122 valence electrons. The van der Waals surface area contributed by atoms with E-state index in [1.54, 1.807) is 4.90 Å². The zero-order valence-electron chi connectivity index (χ0n) is 13.6. The Morgan fingerprint density at radius 2 is 2.14 bits per heavy atom. The number of nitrogens with one attached hydrogen (secondary N) is 1. The number of methoxy groups -OCH3 is 1. The lowest BCUT2D eigenvalue weighted by atomic mass is 9.99. The van der Waals surface area contributed by atoms with Gasteiger partial charge >= 0.3 is 12.1 Å². The van der Waals surface area contributed by atoms with Crippen LogP contribution < -0.4 is 5.32 Å². The van der Waals surface area contributed by atoms with E-state index in [-0.39, 0.29) is 24.5 Å². The monoisotopic (exact) mass is 308 g/mol. The Kier molecular flexibility index (Phi) is 4.78. The van der Waals surface area contributed by atoms with E-state index >= 15 is 0 Å². The number of nitrogens with zero attached hydrogens (tertiary/aromatic N) is 1. The third-order valence-corrected chi connectivity index (χ3v) is 3.48. The highest BCUT2D eigenvalue weighted by atomic mass is 16.6. The van der Waals surface area contributed by atoms with Crippen molar-refractivity contribution in [2.75, 3.05) is 13.7 Å². The summed E-state index contributed by atoms with van der Waals surface area (Å²) < 4.78 is 10.2. The molecule has 1 unspecified atom stereocenters. The van der Waals surface area contributed by atoms with Crippen molar-refractivity contribution in [2.24, 2.45) is 0 Å². The second kappa shape index (κ2) is 6.42. The number of amides is 1. The van der Waals surface area contributed by atoms with Crippen molar-refractivity contribution in [1.29, 1.82) is 0 Å². The van der Waals surface area contributed by atoms with Gasteiger partial charge in [-0.3, -0.25) is 9.69 Å². The van der Waals surface area contributed by atoms with Gasteiger partial charge in [0.25, 0.3) is 0 Å². The van der Waals surface area contributed by atoms with Crippen LogP contribution in [0.15, 0.2) is 23.5 Å². The summed E-state index contributed by atoms with van der Waals surface area (Å²) in [5.41, 5.74) is 0.531. The third-order valence-electron chi connectivity index (χ3n) is 3.48. The number of dihydropyridines is 1. The summed E-state index contributed by atoms with van der Waals surface area (Å²) >= 11 is 0. The fourth-order valence-electron chi connectivity index (χ4n) is 2.50. The standard InChI is InChI=1S/C16H24N2O4/c1-16(2,3)22-15(20)18-9-5-6-11-7-8-12(17-14(11)18)10-13(19)21-4/h7-8,12,17H,5-6,9-10H2,1-4H3. The van der Waals surface area contributed by atoms with Crippen LogP contribution in [0.5, 0.6) is 0 Å². The molecule has 6 nitrogen and oxygen atoms in total. The van der Waals surface area contributed by atoms with Crippen molar-refractivity contribution in [3.8, 4) is 0 Å². The molecule has 0 aliphatic carbocycles. The van der Waals surface area contributed by atoms with E-state index in [1.807, 2.05) is 32.9 Å². The zero-order valence-corrected chi connectivity index (χ0v) is 13.6. The maximum absolute atomic E-state index is 12.4. The lowest BCUT2D eigenvalue weighted by Crippen LogP contribution is -2.47. The summed E-state index contributed by atoms with van der Waals surface area (Å²) in [5.74, 6) is 0.461. The van der Waals surface area contributed by atoms with E-state index in [0.717, 1.165) is 24.2 Å². The Morgan fingerprint density at radius 1 is 1.41 bits per heavy atom. The molecule has 0 aromatic carbocycles. The molecule has 22 heavy (non-hydrogen) atoms. The number of rotatable bonds is 2. The summed E-state index contributed by atoms with van der Waals surface area (Å²) in [4.78, 5) is 25.4. The minimum absolute atomic E-state index is 0.172. The van der Waals surface area contributed by atoms with Gasteiger partial charge < -0.3 is 14.8 Å². The molecule has 1 amide bonds. The molecular weight excluding hydrogens is 284 g/mol. The molecule has 0 saturated carbocycles. The lowest BCUT2D eigenvalue weighted by molar-refractivity contribution is -0.140. The SMILES string of the molecule is COC(=O)CC1C=CC2=C(N1)N(C(=O)OC(C)(C)C)CCC2. The Bertz CT molecular complexity index is 517. The van der Waals surface area contributed by atoms with Gasteiger partial charge in [0.15, 0.2) is 0 Å². The normalized spacial score (nSPS) is 21.1. The molecule has 0 fully saturated rings. The fourth-order valence-corrected chi connectivity index (χ4v) is 2.50. The first-order chi connectivity index (χ1) is 10.3. The van der Waals surface area contributed by atoms with Crippen molar-refractivity contribution in [3.05, 3.63) is 23.5 Å². The third kappa shape index (κ3) is 4.02. The number of ether oxygens (including phenoxy) is 2. The molecule has 0 spiro atoms. The quantitative estimate of drug-likeness (QED) is 0.793. The highest BCUT2D eigenvalue weighted by molar-refractivity contribution is 5.72. The van der Waals surface area contributed by atoms with Gasteiger partial charge in [-0.2, -0.15) is 0 Å². The first-order valence-electron chi connectivity index (χ1n) is 7.55. The molecule has 0 aromatic rings. The zero-order chi connectivity index (χ0) is 16.3. The molecule has 2 rings (SSSR count). The van der Waals surface area contributed by atoms with Gasteiger partial charge in [0.1, 0.15) is 11.4 Å². The Labute approximate surface area is 131 Å². The summed E-state index contributed by atoms with van der Waals surface area (Å²) in [5, 5.41) is 3.25. The maximum atomic E-state index is 12.4. The predicted octanol–water partition coefficient (Wildman–Crippen LogP) is 2.32. The smallest absolute Gasteiger partial charge is 0.415 e. The van der Waals surface area contributed by atoms with Gasteiger partial charge in [-0.25, -0.2) is 4.79 Å². The van der Waals surface area contributed by atoms with E-state index in [4.69, 9.17) is 9.47 Å². The van der Waals surface area contributed by atoms with E-state index in [0.29, 0.717) is 6.54 Å². The topological polar surface area (TPSA) is 67.9 Å². The lowest BCUT2D eigenvalue weighted by Gasteiger charge is -2.36. The molecule has 1 N–H and O–H groups in total. The van der Waals surface area contributed by atoms with Gasteiger partial charge in [-0.15, -0.1) is 0 Å². The van der Waals surface area contributed by atoms with Gasteiger partial charge in [-0.1, -0.05) is 12.2 Å². The average Bonchev–Trinajstić information content (AvgIpc) is 2.44. The number of allylic oxidation sites excluding steroid dienone is 2. The van der Waals surface area contributed by atoms with Gasteiger partial charge in [0, 0.05) is 6.54 Å². The summed E-state index contributed by atoms with van der Waals surface area (Å²) in [7, 11) is 1.37. The Balaban J connectivity index is 2.12. The molecule has 0 aromatic heterocycles. The summed E-state index contributed by atoms with van der Waals surface area (Å²) in [6.07, 6.45) is 5.59. The van der Waals surface area contributed by atoms with E-state index < -0.39 is 5.60 Å². The Hall–Kier alpha value is -1.98. The van der Waals surface area contributed by atoms with Crippen LogP contribution in [0.4, 0.5) is 4.79 Å². The molecule has 1 atom stereocenters. The van der Waals surface area contributed by atoms with E-state index in [9.17, 15) is 9.59 Å². The van der Waals surface area contributed by atoms with Crippen molar-refractivity contribution < 1.29 is 19.1 Å². The van der Waals surface area contributed by atoms with E-state index in [2.05, 4.69) is 5.32 Å². The number of hydrogen-bond acceptors (Lipinski definition) is 5. The fraction of sp³-hybridized carbons (Fsp3) is 0.625. The number of carbonyl (C=O) groups excluding carboxylic acids is 2. The predicted molar refractivity (Wildman–Crippen MR) is 81.9 cm³/mol. The molecular formula is C16H24N2O4. The molecule has 6 heteroatoms. The summed E-state index contributed by atoms with van der Waals surface area (Å²) in [6, 6.07) is -0.172. The van der Waals surface area contributed by atoms with Crippen molar-refractivity contribution in [3.63, 3.8) is 0 Å². The minimum atomic E-state index is -0.537. The van der Waals surface area contributed by atoms with Crippen molar-refractivity contribution >= 4 is 12.1 Å². The first kappa shape index (κ1) is 16.4. The minimum Gasteiger partial charge on any atom is -0.469 e. The number of esters is 1. The molecule has 0 saturated heterocycles. The van der Waals surface area contributed by atoms with Gasteiger partial charge in [0.2, 0.25) is 0 Å². The molecule has 0 bridgehead atoms. The van der Waals surface area contributed by atoms with Crippen LogP contribution in [0.2, 0.25) is 0 Å². The molecule has 0 radical (unpaired) electrons. The first-order valence-corrected chi connectivity index (χ1v) is 7.55. The van der Waals surface area contributed by atoms with Gasteiger partial charge in [-0.05, 0) is 39.2 Å². The van der Waals surface area contributed by atoms with Crippen molar-refractivity contribution in [1.82, 2.24) is 10.2 Å². The Morgan fingerprint density at radius 3 is 2.77 bits per heavy atom. The average molecular weight is 308 g/mol. The second-order valence-electron chi connectivity index (χ2n) is 6.50. The number of hydrogen-bond donors (Lipinski definition) is 1. The van der Waals surface area contributed by atoms with Crippen LogP contribution in [0.1, 0.15) is 40.0 Å². The summed E-state index contributed by atoms with van der Waals surface area (Å²) in [6.45, 7) is 6.15. The van der Waals surface area contributed by atoms with Crippen molar-refractivity contribution in [2.45, 2.75) is 51.7 Å². The molecule has 2 heterocycles.